The van der Waals surface area contributed by atoms with Gasteiger partial charge in [-0.1, -0.05) is 39.5 Å². The second kappa shape index (κ2) is 9.65. The summed E-state index contributed by atoms with van der Waals surface area (Å²) in [6.45, 7) is 18.2. The Morgan fingerprint density at radius 1 is 1.33 bits per heavy atom. The average molecular weight is 449 g/mol. The Morgan fingerprint density at radius 2 is 2.09 bits per heavy atom. The van der Waals surface area contributed by atoms with Gasteiger partial charge in [-0.2, -0.15) is 5.10 Å². The Balaban J connectivity index is 1.62. The third-order valence-corrected chi connectivity index (χ3v) is 6.58. The van der Waals surface area contributed by atoms with Crippen molar-refractivity contribution in [3.8, 4) is 0 Å². The molecule has 2 aromatic heterocycles. The van der Waals surface area contributed by atoms with Crippen LogP contribution in [0.3, 0.4) is 0 Å². The molecule has 0 saturated heterocycles. The van der Waals surface area contributed by atoms with E-state index in [1.54, 1.807) is 6.07 Å². The first-order valence-corrected chi connectivity index (χ1v) is 11.6. The summed E-state index contributed by atoms with van der Waals surface area (Å²) in [6.07, 6.45) is 8.94. The van der Waals surface area contributed by atoms with Crippen LogP contribution in [0.1, 0.15) is 45.2 Å². The van der Waals surface area contributed by atoms with Gasteiger partial charge in [-0.15, -0.1) is 0 Å². The fourth-order valence-corrected chi connectivity index (χ4v) is 4.68. The Hall–Kier alpha value is -3.35. The molecular weight excluding hydrogens is 415 g/mol. The van der Waals surface area contributed by atoms with E-state index in [4.69, 9.17) is 5.10 Å². The average Bonchev–Trinajstić information content (AvgIpc) is 3.49. The molecule has 1 N–H and O–H groups in total. The number of fused-ring (bicyclic) bond motifs is 1. The van der Waals surface area contributed by atoms with Gasteiger partial charge in [0.25, 0.3) is 0 Å². The topological polar surface area (TPSA) is 49.2 Å². The molecule has 7 heteroatoms. The number of anilines is 2. The van der Waals surface area contributed by atoms with Crippen molar-refractivity contribution in [1.29, 1.82) is 0 Å². The smallest absolute Gasteiger partial charge is 0.141 e. The van der Waals surface area contributed by atoms with E-state index in [0.29, 0.717) is 18.4 Å². The lowest BCUT2D eigenvalue weighted by molar-refractivity contribution is 0.302. The normalized spacial score (nSPS) is 16.2. The van der Waals surface area contributed by atoms with Gasteiger partial charge in [-0.3, -0.25) is 0 Å². The molecule has 2 aromatic rings. The SMILES string of the molecule is C=CN(CC1=C(C)N(CC(=C)Nc2ccc(F)cn2)c2cc(CC)nn2C1=C)C1CCCC1. The number of nitrogens with one attached hydrogen (secondary N) is 1. The molecule has 0 radical (unpaired) electrons. The molecule has 174 valence electrons. The standard InChI is InChI=1S/C26H33FN6/c1-6-22-14-26-32(16-18(3)29-25-13-12-21(27)15-28-25)19(4)24(20(5)33(26)30-22)17-31(7-2)23-10-8-9-11-23/h7,12-15,23H,2-3,5-6,8-11,16-17H2,1,4H3,(H,28,29). The zero-order valence-electron chi connectivity index (χ0n) is 19.6. The van der Waals surface area contributed by atoms with Crippen molar-refractivity contribution in [3.63, 3.8) is 0 Å². The van der Waals surface area contributed by atoms with Gasteiger partial charge in [0.1, 0.15) is 17.5 Å². The quantitative estimate of drug-likeness (QED) is 0.544. The molecule has 0 spiro atoms. The second-order valence-corrected chi connectivity index (χ2v) is 8.74. The minimum absolute atomic E-state index is 0.367. The number of rotatable bonds is 9. The molecule has 3 heterocycles. The van der Waals surface area contributed by atoms with Crippen LogP contribution < -0.4 is 10.2 Å². The van der Waals surface area contributed by atoms with E-state index in [1.165, 1.54) is 37.9 Å². The van der Waals surface area contributed by atoms with Crippen molar-refractivity contribution in [2.75, 3.05) is 23.3 Å². The Kier molecular flexibility index (Phi) is 6.67. The maximum Gasteiger partial charge on any atom is 0.141 e. The summed E-state index contributed by atoms with van der Waals surface area (Å²) in [4.78, 5) is 8.65. The monoisotopic (exact) mass is 448 g/mol. The van der Waals surface area contributed by atoms with Crippen LogP contribution in [0.5, 0.6) is 0 Å². The number of halogens is 1. The third kappa shape index (κ3) is 4.72. The highest BCUT2D eigenvalue weighted by Gasteiger charge is 2.30. The van der Waals surface area contributed by atoms with Gasteiger partial charge >= 0.3 is 0 Å². The van der Waals surface area contributed by atoms with Crippen LogP contribution in [-0.2, 0) is 6.42 Å². The first-order chi connectivity index (χ1) is 15.9. The van der Waals surface area contributed by atoms with Crippen LogP contribution in [0.25, 0.3) is 5.70 Å². The first-order valence-electron chi connectivity index (χ1n) is 11.6. The van der Waals surface area contributed by atoms with E-state index in [0.717, 1.165) is 47.1 Å². The third-order valence-electron chi connectivity index (χ3n) is 6.58. The van der Waals surface area contributed by atoms with Crippen LogP contribution in [-0.4, -0.2) is 38.8 Å². The molecule has 1 fully saturated rings. The highest BCUT2D eigenvalue weighted by atomic mass is 19.1. The zero-order chi connectivity index (χ0) is 23.5. The van der Waals surface area contributed by atoms with Gasteiger partial charge in [0.15, 0.2) is 0 Å². The van der Waals surface area contributed by atoms with Crippen molar-refractivity contribution < 1.29 is 4.39 Å². The van der Waals surface area contributed by atoms with Gasteiger partial charge in [0.2, 0.25) is 0 Å². The van der Waals surface area contributed by atoms with E-state index in [2.05, 4.69) is 59.8 Å². The molecule has 0 aromatic carbocycles. The van der Waals surface area contributed by atoms with Gasteiger partial charge in [0, 0.05) is 35.6 Å². The van der Waals surface area contributed by atoms with Crippen molar-refractivity contribution in [2.45, 2.75) is 52.0 Å². The largest absolute Gasteiger partial charge is 0.371 e. The first kappa shape index (κ1) is 22.8. The molecule has 4 rings (SSSR count). The molecule has 0 unspecified atom stereocenters. The van der Waals surface area contributed by atoms with E-state index in [9.17, 15) is 4.39 Å². The maximum absolute atomic E-state index is 13.2. The molecular formula is C26H33FN6. The molecule has 1 aliphatic heterocycles. The van der Waals surface area contributed by atoms with Gasteiger partial charge in [-0.25, -0.2) is 14.1 Å². The van der Waals surface area contributed by atoms with Crippen LogP contribution in [0.2, 0.25) is 0 Å². The van der Waals surface area contributed by atoms with E-state index in [-0.39, 0.29) is 5.82 Å². The highest BCUT2D eigenvalue weighted by Crippen LogP contribution is 2.36. The van der Waals surface area contributed by atoms with Gasteiger partial charge < -0.3 is 15.1 Å². The number of hydrogen-bond acceptors (Lipinski definition) is 5. The number of hydrogen-bond donors (Lipinski definition) is 1. The Morgan fingerprint density at radius 3 is 2.73 bits per heavy atom. The molecule has 1 saturated carbocycles. The van der Waals surface area contributed by atoms with E-state index < -0.39 is 0 Å². The van der Waals surface area contributed by atoms with Crippen LogP contribution in [0.15, 0.2) is 67.3 Å². The predicted octanol–water partition coefficient (Wildman–Crippen LogP) is 5.56. The Labute approximate surface area is 195 Å². The summed E-state index contributed by atoms with van der Waals surface area (Å²) in [6, 6.07) is 5.62. The summed E-state index contributed by atoms with van der Waals surface area (Å²) < 4.78 is 15.2. The fourth-order valence-electron chi connectivity index (χ4n) is 4.68. The number of aromatic nitrogens is 3. The number of nitrogens with zero attached hydrogens (tertiary/aromatic N) is 5. The molecule has 0 bridgehead atoms. The number of aryl methyl sites for hydroxylation is 1. The predicted molar refractivity (Wildman–Crippen MR) is 133 cm³/mol. The molecule has 2 aliphatic rings. The van der Waals surface area contributed by atoms with Crippen LogP contribution in [0, 0.1) is 5.82 Å². The van der Waals surface area contributed by atoms with Crippen molar-refractivity contribution in [2.24, 2.45) is 0 Å². The van der Waals surface area contributed by atoms with Crippen molar-refractivity contribution >= 4 is 17.3 Å². The van der Waals surface area contributed by atoms with Crippen LogP contribution >= 0.6 is 0 Å². The summed E-state index contributed by atoms with van der Waals surface area (Å²) in [5.41, 5.74) is 4.94. The van der Waals surface area contributed by atoms with Crippen molar-refractivity contribution in [1.82, 2.24) is 19.7 Å². The number of pyridine rings is 1. The summed E-state index contributed by atoms with van der Waals surface area (Å²) in [7, 11) is 0. The maximum atomic E-state index is 13.2. The summed E-state index contributed by atoms with van der Waals surface area (Å²) in [5, 5.41) is 8.01. The molecule has 1 aliphatic carbocycles. The fraction of sp³-hybridized carbons (Fsp3) is 0.385. The van der Waals surface area contributed by atoms with E-state index in [1.807, 2.05) is 10.9 Å². The summed E-state index contributed by atoms with van der Waals surface area (Å²) >= 11 is 0. The molecule has 6 nitrogen and oxygen atoms in total. The molecule has 0 amide bonds. The highest BCUT2D eigenvalue weighted by molar-refractivity contribution is 5.75. The zero-order valence-corrected chi connectivity index (χ0v) is 19.6. The lowest BCUT2D eigenvalue weighted by atomic mass is 10.1. The molecule has 0 atom stereocenters. The number of allylic oxidation sites excluding steroid dienone is 1. The minimum Gasteiger partial charge on any atom is -0.371 e. The van der Waals surface area contributed by atoms with Gasteiger partial charge in [0.05, 0.1) is 24.1 Å². The van der Waals surface area contributed by atoms with Gasteiger partial charge in [-0.05, 0) is 44.5 Å². The lowest BCUT2D eigenvalue weighted by Crippen LogP contribution is -2.37. The summed E-state index contributed by atoms with van der Waals surface area (Å²) in [5.74, 6) is 1.17. The lowest BCUT2D eigenvalue weighted by Gasteiger charge is -2.37. The second-order valence-electron chi connectivity index (χ2n) is 8.74. The Bertz CT molecular complexity index is 1070. The minimum atomic E-state index is -0.367. The van der Waals surface area contributed by atoms with E-state index >= 15 is 0 Å². The van der Waals surface area contributed by atoms with Crippen molar-refractivity contribution in [3.05, 3.63) is 78.8 Å². The van der Waals surface area contributed by atoms with Crippen LogP contribution in [0.4, 0.5) is 16.0 Å². The molecule has 33 heavy (non-hydrogen) atoms.